The van der Waals surface area contributed by atoms with E-state index in [1.165, 1.54) is 43.3 Å². The lowest BCUT2D eigenvalue weighted by Gasteiger charge is -2.14. The van der Waals surface area contributed by atoms with Crippen LogP contribution in [0.2, 0.25) is 0 Å². The normalized spacial score (nSPS) is 11.4. The van der Waals surface area contributed by atoms with Gasteiger partial charge in [0.15, 0.2) is 0 Å². The Morgan fingerprint density at radius 1 is 1.00 bits per heavy atom. The lowest BCUT2D eigenvalue weighted by molar-refractivity contribution is -0.385. The van der Waals surface area contributed by atoms with Gasteiger partial charge in [-0.3, -0.25) is 14.9 Å². The third-order valence-corrected chi connectivity index (χ3v) is 5.22. The number of benzene rings is 3. The molecule has 0 aliphatic rings. The van der Waals surface area contributed by atoms with Gasteiger partial charge in [-0.25, -0.2) is 4.79 Å². The van der Waals surface area contributed by atoms with Crippen molar-refractivity contribution in [1.29, 1.82) is 0 Å². The predicted octanol–water partition coefficient (Wildman–Crippen LogP) is 6.35. The molecule has 184 valence electrons. The molecule has 1 aromatic heterocycles. The van der Waals surface area contributed by atoms with Crippen molar-refractivity contribution in [3.8, 4) is 17.2 Å². The Morgan fingerprint density at radius 3 is 2.39 bits per heavy atom. The van der Waals surface area contributed by atoms with E-state index in [2.05, 4.69) is 0 Å². The minimum Gasteiger partial charge on any atom is -0.449 e. The number of esters is 1. The number of ether oxygens (including phenoxy) is 2. The van der Waals surface area contributed by atoms with E-state index in [1.54, 1.807) is 19.1 Å². The highest BCUT2D eigenvalue weighted by atomic mass is 19.4. The Bertz CT molecular complexity index is 1570. The number of alkyl halides is 3. The van der Waals surface area contributed by atoms with Crippen LogP contribution in [-0.2, 0) is 6.18 Å². The number of carbonyl (C=O) groups is 1. The second-order valence-corrected chi connectivity index (χ2v) is 7.76. The molecule has 4 aromatic rings. The van der Waals surface area contributed by atoms with Crippen molar-refractivity contribution in [2.24, 2.45) is 0 Å². The van der Waals surface area contributed by atoms with Gasteiger partial charge in [-0.1, -0.05) is 18.2 Å². The van der Waals surface area contributed by atoms with Gasteiger partial charge < -0.3 is 13.9 Å². The zero-order valence-electron chi connectivity index (χ0n) is 18.7. The molecule has 0 saturated carbocycles. The Hall–Kier alpha value is -4.67. The number of aryl methyl sites for hydroxylation is 1. The fraction of sp³-hybridized carbons (Fsp3) is 0.120. The number of fused-ring (bicyclic) bond motifs is 1. The third-order valence-electron chi connectivity index (χ3n) is 5.22. The second kappa shape index (κ2) is 9.17. The predicted molar refractivity (Wildman–Crippen MR) is 122 cm³/mol. The minimum absolute atomic E-state index is 0.0185. The van der Waals surface area contributed by atoms with Crippen molar-refractivity contribution in [2.45, 2.75) is 20.0 Å². The molecule has 0 unspecified atom stereocenters. The Kier molecular flexibility index (Phi) is 6.23. The van der Waals surface area contributed by atoms with Crippen molar-refractivity contribution < 1.29 is 36.8 Å². The van der Waals surface area contributed by atoms with E-state index in [0.717, 1.165) is 12.1 Å². The Morgan fingerprint density at radius 2 is 1.72 bits per heavy atom. The highest BCUT2D eigenvalue weighted by molar-refractivity contribution is 5.94. The van der Waals surface area contributed by atoms with Crippen molar-refractivity contribution in [2.75, 3.05) is 0 Å². The van der Waals surface area contributed by atoms with E-state index in [9.17, 15) is 32.9 Å². The Labute approximate surface area is 200 Å². The van der Waals surface area contributed by atoms with Crippen LogP contribution in [0, 0.1) is 24.0 Å². The van der Waals surface area contributed by atoms with E-state index < -0.39 is 39.6 Å². The summed E-state index contributed by atoms with van der Waals surface area (Å²) in [5.74, 6) is -3.88. The summed E-state index contributed by atoms with van der Waals surface area (Å²) < 4.78 is 56.8. The molecule has 0 spiro atoms. The molecule has 0 atom stereocenters. The van der Waals surface area contributed by atoms with Crippen LogP contribution in [0.1, 0.15) is 27.2 Å². The molecule has 0 saturated heterocycles. The zero-order valence-corrected chi connectivity index (χ0v) is 18.7. The topological polar surface area (TPSA) is 109 Å². The summed E-state index contributed by atoms with van der Waals surface area (Å²) in [6, 6.07) is 13.2. The number of nitro groups is 1. The zero-order chi connectivity index (χ0) is 26.2. The van der Waals surface area contributed by atoms with Gasteiger partial charge in [0.25, 0.3) is 11.4 Å². The van der Waals surface area contributed by atoms with Crippen LogP contribution in [0.3, 0.4) is 0 Å². The Balaban J connectivity index is 1.75. The number of nitrogens with zero attached hydrogens (tertiary/aromatic N) is 1. The van der Waals surface area contributed by atoms with Gasteiger partial charge >= 0.3 is 12.1 Å². The van der Waals surface area contributed by atoms with Crippen molar-refractivity contribution in [1.82, 2.24) is 0 Å². The number of carbonyl (C=O) groups excluding carboxylic acids is 1. The number of halogens is 3. The van der Waals surface area contributed by atoms with Crippen molar-refractivity contribution >= 4 is 22.6 Å². The molecule has 0 bridgehead atoms. The van der Waals surface area contributed by atoms with Crippen LogP contribution < -0.4 is 14.9 Å². The smallest absolute Gasteiger partial charge is 0.449 e. The van der Waals surface area contributed by atoms with Gasteiger partial charge in [-0.2, -0.15) is 13.2 Å². The quantitative estimate of drug-likeness (QED) is 0.136. The van der Waals surface area contributed by atoms with Gasteiger partial charge in [0.2, 0.25) is 11.2 Å². The number of nitro benzene ring substituents is 1. The lowest BCUT2D eigenvalue weighted by atomic mass is 10.1. The molecule has 36 heavy (non-hydrogen) atoms. The molecule has 8 nitrogen and oxygen atoms in total. The number of hydrogen-bond acceptors (Lipinski definition) is 7. The lowest BCUT2D eigenvalue weighted by Crippen LogP contribution is -2.16. The van der Waals surface area contributed by atoms with Crippen LogP contribution >= 0.6 is 0 Å². The van der Waals surface area contributed by atoms with Crippen molar-refractivity contribution in [3.63, 3.8) is 0 Å². The standard InChI is InChI=1S/C25H16F3NO7/c1-13-5-3-6-15(11-13)34-22-21(30)18-10-9-16(12-20(18)36-23(22)25(26,27)28)35-24(31)17-7-4-8-19(14(17)2)29(32)33/h3-12H,1-2H3. The van der Waals surface area contributed by atoms with E-state index >= 15 is 0 Å². The van der Waals surface area contributed by atoms with E-state index in [-0.39, 0.29) is 33.7 Å². The second-order valence-electron chi connectivity index (χ2n) is 7.76. The van der Waals surface area contributed by atoms with E-state index in [0.29, 0.717) is 5.56 Å². The molecule has 11 heteroatoms. The van der Waals surface area contributed by atoms with E-state index in [4.69, 9.17) is 13.9 Å². The van der Waals surface area contributed by atoms with Crippen LogP contribution in [-0.4, -0.2) is 10.9 Å². The van der Waals surface area contributed by atoms with Crippen LogP contribution in [0.4, 0.5) is 18.9 Å². The molecular weight excluding hydrogens is 483 g/mol. The average Bonchev–Trinajstić information content (AvgIpc) is 2.80. The summed E-state index contributed by atoms with van der Waals surface area (Å²) in [7, 11) is 0. The maximum absolute atomic E-state index is 13.8. The first-order valence-electron chi connectivity index (χ1n) is 10.3. The molecule has 0 radical (unpaired) electrons. The molecule has 0 aliphatic carbocycles. The molecule has 4 rings (SSSR count). The number of hydrogen-bond donors (Lipinski definition) is 0. The van der Waals surface area contributed by atoms with Crippen LogP contribution in [0.25, 0.3) is 11.0 Å². The van der Waals surface area contributed by atoms with Crippen LogP contribution in [0.5, 0.6) is 17.2 Å². The molecule has 1 heterocycles. The average molecular weight is 499 g/mol. The summed E-state index contributed by atoms with van der Waals surface area (Å²) in [5.41, 5.74) is -1.22. The van der Waals surface area contributed by atoms with Gasteiger partial charge in [0.1, 0.15) is 17.1 Å². The highest BCUT2D eigenvalue weighted by Crippen LogP contribution is 2.39. The van der Waals surface area contributed by atoms with E-state index in [1.807, 2.05) is 0 Å². The maximum Gasteiger partial charge on any atom is 0.453 e. The summed E-state index contributed by atoms with van der Waals surface area (Å²) in [4.78, 5) is 36.0. The SMILES string of the molecule is Cc1cccc(Oc2c(C(F)(F)F)oc3cc(OC(=O)c4cccc([N+](=O)[O-])c4C)ccc3c2=O)c1. The monoisotopic (exact) mass is 499 g/mol. The molecular formula is C25H16F3NO7. The molecule has 3 aromatic carbocycles. The third kappa shape index (κ3) is 4.76. The molecule has 0 aliphatic heterocycles. The first-order valence-corrected chi connectivity index (χ1v) is 10.3. The highest BCUT2D eigenvalue weighted by Gasteiger charge is 2.40. The summed E-state index contributed by atoms with van der Waals surface area (Å²) in [5, 5.41) is 10.9. The molecule has 0 fully saturated rings. The van der Waals surface area contributed by atoms with Crippen molar-refractivity contribution in [3.05, 3.63) is 103 Å². The van der Waals surface area contributed by atoms with Gasteiger partial charge in [-0.05, 0) is 49.7 Å². The number of rotatable bonds is 5. The first-order chi connectivity index (χ1) is 17.0. The van der Waals surface area contributed by atoms with Gasteiger partial charge in [-0.15, -0.1) is 0 Å². The summed E-state index contributed by atoms with van der Waals surface area (Å²) >= 11 is 0. The fourth-order valence-corrected chi connectivity index (χ4v) is 3.50. The largest absolute Gasteiger partial charge is 0.453 e. The van der Waals surface area contributed by atoms with Crippen LogP contribution in [0.15, 0.2) is 69.9 Å². The summed E-state index contributed by atoms with van der Waals surface area (Å²) in [6.07, 6.45) is -5.07. The summed E-state index contributed by atoms with van der Waals surface area (Å²) in [6.45, 7) is 3.07. The maximum atomic E-state index is 13.8. The fourth-order valence-electron chi connectivity index (χ4n) is 3.50. The minimum atomic E-state index is -5.07. The molecule has 0 amide bonds. The first kappa shape index (κ1) is 24.5. The van der Waals surface area contributed by atoms with Gasteiger partial charge in [0.05, 0.1) is 15.9 Å². The molecule has 0 N–H and O–H groups in total. The van der Waals surface area contributed by atoms with Gasteiger partial charge in [0, 0.05) is 17.7 Å².